The van der Waals surface area contributed by atoms with E-state index < -0.39 is 0 Å². The summed E-state index contributed by atoms with van der Waals surface area (Å²) in [6.07, 6.45) is 0. The number of carbonyl (C=O) groups is 1. The van der Waals surface area contributed by atoms with E-state index in [1.54, 1.807) is 26.2 Å². The summed E-state index contributed by atoms with van der Waals surface area (Å²) in [5.74, 6) is 0.526. The maximum atomic E-state index is 12.8. The zero-order chi connectivity index (χ0) is 20.4. The summed E-state index contributed by atoms with van der Waals surface area (Å²) in [4.78, 5) is 17.3. The van der Waals surface area contributed by atoms with E-state index in [4.69, 9.17) is 4.74 Å². The predicted octanol–water partition coefficient (Wildman–Crippen LogP) is 3.71. The van der Waals surface area contributed by atoms with Crippen molar-refractivity contribution in [2.75, 3.05) is 17.5 Å². The van der Waals surface area contributed by atoms with Gasteiger partial charge in [0.05, 0.1) is 24.2 Å². The van der Waals surface area contributed by atoms with Gasteiger partial charge in [-0.1, -0.05) is 12.1 Å². The van der Waals surface area contributed by atoms with Gasteiger partial charge in [0.2, 0.25) is 5.13 Å². The SMILES string of the molecule is COc1cccc(-c2csc(N3N=C(C)/C(=N/Nc4ccc(O)cc4)C3=O)n2)c1. The van der Waals surface area contributed by atoms with Crippen LogP contribution in [0.15, 0.2) is 64.1 Å². The van der Waals surface area contributed by atoms with Crippen LogP contribution in [0.5, 0.6) is 11.5 Å². The Hall–Kier alpha value is -3.72. The minimum atomic E-state index is -0.361. The van der Waals surface area contributed by atoms with Crippen molar-refractivity contribution in [2.45, 2.75) is 6.92 Å². The number of thiazole rings is 1. The van der Waals surface area contributed by atoms with Gasteiger partial charge in [0.15, 0.2) is 5.71 Å². The van der Waals surface area contributed by atoms with Crippen LogP contribution < -0.4 is 15.2 Å². The molecule has 0 spiro atoms. The van der Waals surface area contributed by atoms with Crippen LogP contribution in [0.3, 0.4) is 0 Å². The summed E-state index contributed by atoms with van der Waals surface area (Å²) >= 11 is 1.32. The molecule has 1 aliphatic heterocycles. The van der Waals surface area contributed by atoms with Gasteiger partial charge in [-0.05, 0) is 43.3 Å². The molecule has 0 radical (unpaired) electrons. The van der Waals surface area contributed by atoms with E-state index in [9.17, 15) is 9.90 Å². The first-order valence-corrected chi connectivity index (χ1v) is 9.56. The molecule has 0 unspecified atom stereocenters. The molecule has 29 heavy (non-hydrogen) atoms. The topological polar surface area (TPSA) is 99.4 Å². The molecule has 1 aromatic heterocycles. The van der Waals surface area contributed by atoms with Gasteiger partial charge in [-0.25, -0.2) is 4.98 Å². The molecule has 0 atom stereocenters. The zero-order valence-corrected chi connectivity index (χ0v) is 16.5. The molecule has 0 fully saturated rings. The quantitative estimate of drug-likeness (QED) is 0.496. The molecule has 0 aliphatic carbocycles. The number of hydrogen-bond donors (Lipinski definition) is 2. The lowest BCUT2D eigenvalue weighted by atomic mass is 10.2. The first-order valence-electron chi connectivity index (χ1n) is 8.68. The van der Waals surface area contributed by atoms with E-state index >= 15 is 0 Å². The summed E-state index contributed by atoms with van der Waals surface area (Å²) in [6.45, 7) is 1.71. The Balaban J connectivity index is 1.54. The fourth-order valence-corrected chi connectivity index (χ4v) is 3.47. The standard InChI is InChI=1S/C20H17N5O3S/c1-12-18(23-22-14-6-8-15(26)9-7-14)19(27)25(24-12)20-21-17(11-29-20)13-4-3-5-16(10-13)28-2/h3-11,22,26H,1-2H3/b23-18-. The number of nitrogens with zero attached hydrogens (tertiary/aromatic N) is 4. The maximum Gasteiger partial charge on any atom is 0.303 e. The van der Waals surface area contributed by atoms with Crippen molar-refractivity contribution in [1.29, 1.82) is 0 Å². The lowest BCUT2D eigenvalue weighted by Gasteiger charge is -2.07. The Morgan fingerprint density at radius 3 is 2.76 bits per heavy atom. The third kappa shape index (κ3) is 3.81. The van der Waals surface area contributed by atoms with Crippen molar-refractivity contribution in [2.24, 2.45) is 10.2 Å². The average molecular weight is 407 g/mol. The highest BCUT2D eigenvalue weighted by Gasteiger charge is 2.32. The van der Waals surface area contributed by atoms with E-state index in [0.29, 0.717) is 16.5 Å². The summed E-state index contributed by atoms with van der Waals surface area (Å²) < 4.78 is 5.25. The van der Waals surface area contributed by atoms with E-state index in [-0.39, 0.29) is 17.4 Å². The highest BCUT2D eigenvalue weighted by molar-refractivity contribution is 7.14. The monoisotopic (exact) mass is 407 g/mol. The highest BCUT2D eigenvalue weighted by Crippen LogP contribution is 2.31. The van der Waals surface area contributed by atoms with Crippen LogP contribution >= 0.6 is 11.3 Å². The van der Waals surface area contributed by atoms with Crippen LogP contribution in [0.2, 0.25) is 0 Å². The molecule has 146 valence electrons. The van der Waals surface area contributed by atoms with Crippen LogP contribution in [-0.2, 0) is 4.79 Å². The minimum Gasteiger partial charge on any atom is -0.508 e. The largest absolute Gasteiger partial charge is 0.508 e. The number of hydrogen-bond acceptors (Lipinski definition) is 8. The molecule has 9 heteroatoms. The van der Waals surface area contributed by atoms with Crippen LogP contribution in [0, 0.1) is 0 Å². The summed E-state index contributed by atoms with van der Waals surface area (Å²) in [7, 11) is 1.61. The number of aromatic hydroxyl groups is 1. The van der Waals surface area contributed by atoms with Gasteiger partial charge in [-0.2, -0.15) is 15.2 Å². The first-order chi connectivity index (χ1) is 14.0. The Morgan fingerprint density at radius 2 is 2.00 bits per heavy atom. The summed E-state index contributed by atoms with van der Waals surface area (Å²) in [5, 5.41) is 21.4. The van der Waals surface area contributed by atoms with Gasteiger partial charge in [0.25, 0.3) is 0 Å². The van der Waals surface area contributed by atoms with Crippen molar-refractivity contribution < 1.29 is 14.6 Å². The van der Waals surface area contributed by atoms with Gasteiger partial charge in [0, 0.05) is 10.9 Å². The van der Waals surface area contributed by atoms with E-state index in [2.05, 4.69) is 20.6 Å². The fourth-order valence-electron chi connectivity index (χ4n) is 2.69. The second-order valence-electron chi connectivity index (χ2n) is 6.17. The van der Waals surface area contributed by atoms with Crippen LogP contribution in [0.4, 0.5) is 10.8 Å². The second kappa shape index (κ2) is 7.72. The number of phenols is 1. The molecule has 3 aromatic rings. The maximum absolute atomic E-state index is 12.8. The number of nitrogens with one attached hydrogen (secondary N) is 1. The molecule has 2 heterocycles. The number of ether oxygens (including phenoxy) is 1. The van der Waals surface area contributed by atoms with Gasteiger partial charge >= 0.3 is 5.91 Å². The van der Waals surface area contributed by atoms with Gasteiger partial charge in [-0.15, -0.1) is 11.3 Å². The molecule has 2 aromatic carbocycles. The smallest absolute Gasteiger partial charge is 0.303 e. The Labute approximate surface area is 170 Å². The van der Waals surface area contributed by atoms with Gasteiger partial charge in [0.1, 0.15) is 11.5 Å². The molecular weight excluding hydrogens is 390 g/mol. The Bertz CT molecular complexity index is 1120. The molecule has 0 bridgehead atoms. The number of anilines is 2. The number of methoxy groups -OCH3 is 1. The van der Waals surface area contributed by atoms with E-state index in [1.807, 2.05) is 29.6 Å². The average Bonchev–Trinajstić information content (AvgIpc) is 3.33. The first kappa shape index (κ1) is 18.6. The lowest BCUT2D eigenvalue weighted by Crippen LogP contribution is -2.27. The lowest BCUT2D eigenvalue weighted by molar-refractivity contribution is -0.112. The van der Waals surface area contributed by atoms with Crippen molar-refractivity contribution in [3.05, 3.63) is 53.9 Å². The number of amides is 1. The van der Waals surface area contributed by atoms with Crippen molar-refractivity contribution >= 4 is 39.5 Å². The van der Waals surface area contributed by atoms with Crippen molar-refractivity contribution in [3.63, 3.8) is 0 Å². The number of hydrazone groups is 2. The van der Waals surface area contributed by atoms with Gasteiger partial charge < -0.3 is 9.84 Å². The number of benzene rings is 2. The minimum absolute atomic E-state index is 0.152. The van der Waals surface area contributed by atoms with Crippen LogP contribution in [0.25, 0.3) is 11.3 Å². The number of phenolic OH excluding ortho intramolecular Hbond substituents is 1. The third-order valence-electron chi connectivity index (χ3n) is 4.19. The highest BCUT2D eigenvalue weighted by atomic mass is 32.1. The Kier molecular flexibility index (Phi) is 4.96. The van der Waals surface area contributed by atoms with Crippen LogP contribution in [0.1, 0.15) is 6.92 Å². The Morgan fingerprint density at radius 1 is 1.21 bits per heavy atom. The molecule has 4 rings (SSSR count). The fraction of sp³-hybridized carbons (Fsp3) is 0.100. The summed E-state index contributed by atoms with van der Waals surface area (Å²) in [5.41, 5.74) is 5.77. The second-order valence-corrected chi connectivity index (χ2v) is 7.01. The summed E-state index contributed by atoms with van der Waals surface area (Å²) in [6, 6.07) is 13.9. The van der Waals surface area contributed by atoms with Crippen molar-refractivity contribution in [1.82, 2.24) is 4.98 Å². The molecule has 2 N–H and O–H groups in total. The number of rotatable bonds is 5. The third-order valence-corrected chi connectivity index (χ3v) is 5.01. The van der Waals surface area contributed by atoms with Crippen molar-refractivity contribution in [3.8, 4) is 22.8 Å². The molecular formula is C20H17N5O3S. The molecule has 0 saturated heterocycles. The number of carbonyl (C=O) groups excluding carboxylic acids is 1. The molecule has 8 nitrogen and oxygen atoms in total. The number of aromatic nitrogens is 1. The zero-order valence-electron chi connectivity index (χ0n) is 15.7. The molecule has 1 aliphatic rings. The van der Waals surface area contributed by atoms with Gasteiger partial charge in [-0.3, -0.25) is 10.2 Å². The molecule has 1 amide bonds. The predicted molar refractivity (Wildman–Crippen MR) is 114 cm³/mol. The molecule has 0 saturated carbocycles. The van der Waals surface area contributed by atoms with E-state index in [1.165, 1.54) is 28.5 Å². The van der Waals surface area contributed by atoms with E-state index in [0.717, 1.165) is 17.0 Å². The normalized spacial score (nSPS) is 15.0. The van der Waals surface area contributed by atoms with Crippen LogP contribution in [-0.4, -0.2) is 34.5 Å².